The standard InChI is InChI=1S/C7H18NO3.CH4O3S/c1-8(2-5-9,3-6-10)4-7-11;1-5(2,3)4/h9-11H,2-7H2,1H3;1H3,(H,2,3,4)/q+1;/p-1. The van der Waals surface area contributed by atoms with Crippen molar-refractivity contribution >= 4 is 10.1 Å². The number of nitrogens with zero attached hydrogens (tertiary/aromatic N) is 1. The van der Waals surface area contributed by atoms with E-state index in [-0.39, 0.29) is 19.8 Å². The van der Waals surface area contributed by atoms with Crippen molar-refractivity contribution in [2.24, 2.45) is 0 Å². The molecule has 0 aliphatic heterocycles. The summed E-state index contributed by atoms with van der Waals surface area (Å²) in [6, 6.07) is 0. The molecule has 100 valence electrons. The average molecular weight is 259 g/mol. The molecule has 0 aromatic heterocycles. The van der Waals surface area contributed by atoms with Crippen LogP contribution in [0.4, 0.5) is 0 Å². The first-order valence-corrected chi connectivity index (χ1v) is 6.57. The molecule has 0 unspecified atom stereocenters. The molecule has 0 radical (unpaired) electrons. The van der Waals surface area contributed by atoms with Gasteiger partial charge in [-0.2, -0.15) is 0 Å². The topological polar surface area (TPSA) is 118 Å². The van der Waals surface area contributed by atoms with Crippen LogP contribution in [0.2, 0.25) is 0 Å². The molecule has 0 rings (SSSR count). The van der Waals surface area contributed by atoms with Crippen LogP contribution in [0.25, 0.3) is 0 Å². The fourth-order valence-electron chi connectivity index (χ4n) is 1.06. The summed E-state index contributed by atoms with van der Waals surface area (Å²) in [5.74, 6) is 0. The van der Waals surface area contributed by atoms with Crippen LogP contribution in [0.5, 0.6) is 0 Å². The predicted octanol–water partition coefficient (Wildman–Crippen LogP) is -2.43. The zero-order valence-electron chi connectivity index (χ0n) is 9.66. The van der Waals surface area contributed by atoms with Gasteiger partial charge in [0.15, 0.2) is 0 Å². The Morgan fingerprint density at radius 3 is 1.31 bits per heavy atom. The van der Waals surface area contributed by atoms with Crippen LogP contribution in [0.15, 0.2) is 0 Å². The molecule has 0 aromatic carbocycles. The maximum atomic E-state index is 9.08. The molecule has 7 nitrogen and oxygen atoms in total. The molecule has 0 atom stereocenters. The number of aliphatic hydroxyl groups is 3. The molecule has 0 aromatic rings. The monoisotopic (exact) mass is 259 g/mol. The second-order valence-electron chi connectivity index (χ2n) is 3.67. The van der Waals surface area contributed by atoms with Gasteiger partial charge < -0.3 is 24.4 Å². The van der Waals surface area contributed by atoms with Gasteiger partial charge in [0, 0.05) is 6.26 Å². The van der Waals surface area contributed by atoms with Crippen LogP contribution in [-0.2, 0) is 10.1 Å². The van der Waals surface area contributed by atoms with Crippen molar-refractivity contribution in [3.05, 3.63) is 0 Å². The normalized spacial score (nSPS) is 11.9. The maximum absolute atomic E-state index is 9.08. The Hall–Kier alpha value is -0.250. The third kappa shape index (κ3) is 16.2. The summed E-state index contributed by atoms with van der Waals surface area (Å²) in [6.45, 7) is 2.03. The van der Waals surface area contributed by atoms with Crippen molar-refractivity contribution in [3.63, 3.8) is 0 Å². The third-order valence-corrected chi connectivity index (χ3v) is 1.92. The van der Waals surface area contributed by atoms with Gasteiger partial charge >= 0.3 is 0 Å². The van der Waals surface area contributed by atoms with Crippen LogP contribution < -0.4 is 0 Å². The Labute approximate surface area is 96.3 Å². The van der Waals surface area contributed by atoms with E-state index >= 15 is 0 Å². The summed E-state index contributed by atoms with van der Waals surface area (Å²) in [5.41, 5.74) is 0. The molecule has 0 aliphatic carbocycles. The molecule has 8 heteroatoms. The Balaban J connectivity index is 0. The molecule has 0 bridgehead atoms. The fourth-order valence-corrected chi connectivity index (χ4v) is 1.06. The first-order valence-electron chi connectivity index (χ1n) is 4.75. The highest BCUT2D eigenvalue weighted by Gasteiger charge is 2.18. The van der Waals surface area contributed by atoms with Crippen LogP contribution in [-0.4, -0.2) is 85.5 Å². The minimum absolute atomic E-state index is 0.0938. The van der Waals surface area contributed by atoms with Crippen molar-refractivity contribution in [2.75, 3.05) is 52.8 Å². The number of hydrogen-bond donors (Lipinski definition) is 3. The Morgan fingerprint density at radius 1 is 1.00 bits per heavy atom. The molecular weight excluding hydrogens is 238 g/mol. The van der Waals surface area contributed by atoms with Gasteiger partial charge in [-0.1, -0.05) is 0 Å². The quantitative estimate of drug-likeness (QED) is 0.360. The van der Waals surface area contributed by atoms with E-state index in [0.29, 0.717) is 30.4 Å². The summed E-state index contributed by atoms with van der Waals surface area (Å²) in [7, 11) is -2.01. The van der Waals surface area contributed by atoms with Gasteiger partial charge in [-0.25, -0.2) is 8.42 Å². The SMILES string of the molecule is CS(=O)(=O)[O-].C[N+](CCO)(CCO)CCO. The lowest BCUT2D eigenvalue weighted by molar-refractivity contribution is -0.910. The maximum Gasteiger partial charge on any atom is 0.102 e. The van der Waals surface area contributed by atoms with Crippen LogP contribution in [0, 0.1) is 0 Å². The number of quaternary nitrogens is 1. The first kappa shape index (κ1) is 18.1. The zero-order valence-corrected chi connectivity index (χ0v) is 10.5. The van der Waals surface area contributed by atoms with Crippen LogP contribution >= 0.6 is 0 Å². The predicted molar refractivity (Wildman–Crippen MR) is 57.7 cm³/mol. The molecule has 0 spiro atoms. The summed E-state index contributed by atoms with van der Waals surface area (Å²) in [4.78, 5) is 0. The highest BCUT2D eigenvalue weighted by molar-refractivity contribution is 7.84. The zero-order chi connectivity index (χ0) is 13.2. The number of likely N-dealkylation sites (N-methyl/N-ethyl adjacent to an activating group) is 1. The number of rotatable bonds is 6. The minimum atomic E-state index is -3.92. The smallest absolute Gasteiger partial charge is 0.102 e. The van der Waals surface area contributed by atoms with E-state index in [1.165, 1.54) is 0 Å². The van der Waals surface area contributed by atoms with E-state index in [4.69, 9.17) is 28.3 Å². The van der Waals surface area contributed by atoms with Gasteiger partial charge in [-0.3, -0.25) is 0 Å². The van der Waals surface area contributed by atoms with Gasteiger partial charge in [0.25, 0.3) is 0 Å². The molecule has 0 heterocycles. The van der Waals surface area contributed by atoms with Gasteiger partial charge in [0.2, 0.25) is 0 Å². The minimum Gasteiger partial charge on any atom is -0.748 e. The summed E-state index contributed by atoms with van der Waals surface area (Å²) in [6.07, 6.45) is 0.604. The van der Waals surface area contributed by atoms with E-state index in [1.807, 2.05) is 7.05 Å². The van der Waals surface area contributed by atoms with Crippen molar-refractivity contribution in [1.82, 2.24) is 0 Å². The Morgan fingerprint density at radius 2 is 1.19 bits per heavy atom. The van der Waals surface area contributed by atoms with Crippen molar-refractivity contribution < 1.29 is 32.8 Å². The highest BCUT2D eigenvalue weighted by atomic mass is 32.2. The van der Waals surface area contributed by atoms with Crippen LogP contribution in [0.3, 0.4) is 0 Å². The van der Waals surface area contributed by atoms with Crippen molar-refractivity contribution in [1.29, 1.82) is 0 Å². The number of aliphatic hydroxyl groups excluding tert-OH is 3. The highest BCUT2D eigenvalue weighted by Crippen LogP contribution is 1.99. The lowest BCUT2D eigenvalue weighted by atomic mass is 10.4. The molecule has 0 amide bonds. The van der Waals surface area contributed by atoms with Gasteiger partial charge in [0.1, 0.15) is 19.6 Å². The molecule has 0 saturated carbocycles. The van der Waals surface area contributed by atoms with E-state index in [0.717, 1.165) is 0 Å². The molecule has 0 aliphatic rings. The van der Waals surface area contributed by atoms with E-state index < -0.39 is 10.1 Å². The number of hydrogen-bond acceptors (Lipinski definition) is 6. The van der Waals surface area contributed by atoms with Crippen molar-refractivity contribution in [3.8, 4) is 0 Å². The van der Waals surface area contributed by atoms with Gasteiger partial charge in [0.05, 0.1) is 37.0 Å². The fraction of sp³-hybridized carbons (Fsp3) is 1.00. The molecular formula is C8H21NO6S. The summed E-state index contributed by atoms with van der Waals surface area (Å²) < 4.78 is 27.8. The third-order valence-electron chi connectivity index (χ3n) is 1.92. The van der Waals surface area contributed by atoms with Gasteiger partial charge in [-0.15, -0.1) is 0 Å². The first-order chi connectivity index (χ1) is 7.18. The molecule has 0 saturated heterocycles. The second-order valence-corrected chi connectivity index (χ2v) is 5.07. The largest absolute Gasteiger partial charge is 0.748 e. The lowest BCUT2D eigenvalue weighted by Crippen LogP contribution is -2.49. The summed E-state index contributed by atoms with van der Waals surface area (Å²) >= 11 is 0. The van der Waals surface area contributed by atoms with Crippen molar-refractivity contribution in [2.45, 2.75) is 0 Å². The molecule has 16 heavy (non-hydrogen) atoms. The van der Waals surface area contributed by atoms with Crippen LogP contribution in [0.1, 0.15) is 0 Å². The molecule has 0 fully saturated rings. The Kier molecular flexibility index (Phi) is 10.0. The summed E-state index contributed by atoms with van der Waals surface area (Å²) in [5, 5.41) is 26.0. The van der Waals surface area contributed by atoms with E-state index in [1.54, 1.807) is 0 Å². The second kappa shape index (κ2) is 8.85. The molecule has 3 N–H and O–H groups in total. The van der Waals surface area contributed by atoms with E-state index in [2.05, 4.69) is 0 Å². The van der Waals surface area contributed by atoms with E-state index in [9.17, 15) is 0 Å². The Bertz CT molecular complexity index is 228. The van der Waals surface area contributed by atoms with Gasteiger partial charge in [-0.05, 0) is 0 Å². The average Bonchev–Trinajstić information content (AvgIpc) is 2.01. The lowest BCUT2D eigenvalue weighted by Gasteiger charge is -2.32.